The Kier molecular flexibility index (Phi) is 6.35. The summed E-state index contributed by atoms with van der Waals surface area (Å²) >= 11 is 0. The number of nitro groups is 1. The standard InChI is InChI=1S/C25H27N5O3/c1-4-22-18(3)26-23(19-7-5-17(2)6-8-19)27-24(22)28-13-15-29(16-14-28)25(31)20-9-11-21(12-10-20)30(32)33/h5-12H,4,13-16H2,1-3H3. The van der Waals surface area contributed by atoms with Gasteiger partial charge >= 0.3 is 0 Å². The molecule has 0 unspecified atom stereocenters. The SMILES string of the molecule is CCc1c(C)nc(-c2ccc(C)cc2)nc1N1CCN(C(=O)c2ccc([N+](=O)[O-])cc2)CC1. The van der Waals surface area contributed by atoms with Crippen LogP contribution in [-0.4, -0.2) is 51.9 Å². The molecule has 4 rings (SSSR count). The van der Waals surface area contributed by atoms with E-state index in [4.69, 9.17) is 9.97 Å². The van der Waals surface area contributed by atoms with E-state index in [1.807, 2.05) is 19.1 Å². The molecule has 1 aliphatic heterocycles. The normalized spacial score (nSPS) is 13.8. The van der Waals surface area contributed by atoms with Gasteiger partial charge in [0.2, 0.25) is 0 Å². The summed E-state index contributed by atoms with van der Waals surface area (Å²) in [6, 6.07) is 14.0. The van der Waals surface area contributed by atoms with Crippen molar-refractivity contribution in [1.29, 1.82) is 0 Å². The number of carbonyl (C=O) groups is 1. The molecule has 1 fully saturated rings. The van der Waals surface area contributed by atoms with Crippen molar-refractivity contribution >= 4 is 17.4 Å². The van der Waals surface area contributed by atoms with Crippen LogP contribution in [0.25, 0.3) is 11.4 Å². The first kappa shape index (κ1) is 22.4. The van der Waals surface area contributed by atoms with Crippen LogP contribution in [-0.2, 0) is 6.42 Å². The largest absolute Gasteiger partial charge is 0.353 e. The Morgan fingerprint density at radius 3 is 2.18 bits per heavy atom. The van der Waals surface area contributed by atoms with Crippen molar-refractivity contribution in [2.75, 3.05) is 31.1 Å². The average Bonchev–Trinajstić information content (AvgIpc) is 2.83. The van der Waals surface area contributed by atoms with Gasteiger partial charge in [-0.15, -0.1) is 0 Å². The summed E-state index contributed by atoms with van der Waals surface area (Å²) in [4.78, 5) is 37.0. The molecule has 0 N–H and O–H groups in total. The molecule has 0 bridgehead atoms. The zero-order chi connectivity index (χ0) is 23.5. The minimum absolute atomic E-state index is 0.0213. The molecule has 0 radical (unpaired) electrons. The number of rotatable bonds is 5. The van der Waals surface area contributed by atoms with Crippen molar-refractivity contribution < 1.29 is 9.72 Å². The van der Waals surface area contributed by atoms with Crippen molar-refractivity contribution in [3.8, 4) is 11.4 Å². The first-order chi connectivity index (χ1) is 15.9. The first-order valence-corrected chi connectivity index (χ1v) is 11.1. The van der Waals surface area contributed by atoms with Gasteiger partial charge in [-0.3, -0.25) is 14.9 Å². The predicted molar refractivity (Wildman–Crippen MR) is 128 cm³/mol. The number of non-ortho nitro benzene ring substituents is 1. The van der Waals surface area contributed by atoms with E-state index >= 15 is 0 Å². The highest BCUT2D eigenvalue weighted by Crippen LogP contribution is 2.27. The molecule has 0 atom stereocenters. The monoisotopic (exact) mass is 445 g/mol. The van der Waals surface area contributed by atoms with Gasteiger partial charge in [0.15, 0.2) is 5.82 Å². The fourth-order valence-corrected chi connectivity index (χ4v) is 4.12. The van der Waals surface area contributed by atoms with Crippen LogP contribution in [0, 0.1) is 24.0 Å². The van der Waals surface area contributed by atoms with E-state index in [0.29, 0.717) is 37.6 Å². The van der Waals surface area contributed by atoms with Gasteiger partial charge in [0.25, 0.3) is 11.6 Å². The van der Waals surface area contributed by atoms with Gasteiger partial charge in [-0.05, 0) is 32.4 Å². The Bertz CT molecular complexity index is 1170. The number of piperazine rings is 1. The van der Waals surface area contributed by atoms with Crippen molar-refractivity contribution in [3.63, 3.8) is 0 Å². The van der Waals surface area contributed by atoms with E-state index in [1.165, 1.54) is 29.8 Å². The van der Waals surface area contributed by atoms with Crippen molar-refractivity contribution in [1.82, 2.24) is 14.9 Å². The molecule has 33 heavy (non-hydrogen) atoms. The third kappa shape index (κ3) is 4.69. The van der Waals surface area contributed by atoms with E-state index in [2.05, 4.69) is 30.9 Å². The lowest BCUT2D eigenvalue weighted by Crippen LogP contribution is -2.49. The number of nitro benzene ring substituents is 1. The molecule has 2 heterocycles. The lowest BCUT2D eigenvalue weighted by molar-refractivity contribution is -0.384. The molecule has 0 spiro atoms. The molecule has 170 valence electrons. The van der Waals surface area contributed by atoms with Crippen LogP contribution in [0.1, 0.15) is 34.1 Å². The number of aryl methyl sites for hydroxylation is 2. The zero-order valence-electron chi connectivity index (χ0n) is 19.1. The van der Waals surface area contributed by atoms with Crippen LogP contribution >= 0.6 is 0 Å². The lowest BCUT2D eigenvalue weighted by atomic mass is 10.1. The Labute approximate surface area is 193 Å². The fraction of sp³-hybridized carbons (Fsp3) is 0.320. The molecule has 1 aromatic heterocycles. The highest BCUT2D eigenvalue weighted by atomic mass is 16.6. The average molecular weight is 446 g/mol. The number of carbonyl (C=O) groups excluding carboxylic acids is 1. The summed E-state index contributed by atoms with van der Waals surface area (Å²) in [6.45, 7) is 8.62. The van der Waals surface area contributed by atoms with Crippen LogP contribution in [0.15, 0.2) is 48.5 Å². The molecule has 1 amide bonds. The maximum atomic E-state index is 12.9. The highest BCUT2D eigenvalue weighted by molar-refractivity contribution is 5.94. The maximum Gasteiger partial charge on any atom is 0.269 e. The summed E-state index contributed by atoms with van der Waals surface area (Å²) in [6.07, 6.45) is 0.831. The van der Waals surface area contributed by atoms with Gasteiger partial charge in [-0.1, -0.05) is 36.8 Å². The van der Waals surface area contributed by atoms with Crippen molar-refractivity contribution in [2.45, 2.75) is 27.2 Å². The first-order valence-electron chi connectivity index (χ1n) is 11.1. The molecule has 1 aliphatic rings. The van der Waals surface area contributed by atoms with Gasteiger partial charge in [-0.2, -0.15) is 0 Å². The Hall–Kier alpha value is -3.81. The van der Waals surface area contributed by atoms with Crippen molar-refractivity contribution in [2.24, 2.45) is 0 Å². The molecule has 0 saturated carbocycles. The summed E-state index contributed by atoms with van der Waals surface area (Å²) < 4.78 is 0. The Morgan fingerprint density at radius 1 is 0.970 bits per heavy atom. The minimum atomic E-state index is -0.465. The van der Waals surface area contributed by atoms with E-state index < -0.39 is 4.92 Å². The van der Waals surface area contributed by atoms with Gasteiger partial charge in [-0.25, -0.2) is 9.97 Å². The molecule has 2 aromatic carbocycles. The smallest absolute Gasteiger partial charge is 0.269 e. The number of hydrogen-bond donors (Lipinski definition) is 0. The molecule has 1 saturated heterocycles. The van der Waals surface area contributed by atoms with E-state index in [1.54, 1.807) is 4.90 Å². The summed E-state index contributed by atoms with van der Waals surface area (Å²) in [5, 5.41) is 10.9. The summed E-state index contributed by atoms with van der Waals surface area (Å²) in [7, 11) is 0. The maximum absolute atomic E-state index is 12.9. The number of aromatic nitrogens is 2. The Morgan fingerprint density at radius 2 is 1.61 bits per heavy atom. The van der Waals surface area contributed by atoms with E-state index in [0.717, 1.165) is 29.1 Å². The van der Waals surface area contributed by atoms with Gasteiger partial charge in [0.05, 0.1) is 4.92 Å². The summed E-state index contributed by atoms with van der Waals surface area (Å²) in [5.74, 6) is 1.53. The van der Waals surface area contributed by atoms with E-state index in [9.17, 15) is 14.9 Å². The van der Waals surface area contributed by atoms with Crippen LogP contribution in [0.5, 0.6) is 0 Å². The second-order valence-corrected chi connectivity index (χ2v) is 8.24. The van der Waals surface area contributed by atoms with Gasteiger partial charge < -0.3 is 9.80 Å². The third-order valence-electron chi connectivity index (χ3n) is 6.05. The number of amides is 1. The Balaban J connectivity index is 1.52. The fourth-order valence-electron chi connectivity index (χ4n) is 4.12. The van der Waals surface area contributed by atoms with Crippen LogP contribution < -0.4 is 4.90 Å². The second-order valence-electron chi connectivity index (χ2n) is 8.24. The third-order valence-corrected chi connectivity index (χ3v) is 6.05. The number of benzene rings is 2. The topological polar surface area (TPSA) is 92.5 Å². The predicted octanol–water partition coefficient (Wildman–Crippen LogP) is 4.19. The minimum Gasteiger partial charge on any atom is -0.353 e. The molecular weight excluding hydrogens is 418 g/mol. The number of anilines is 1. The number of hydrogen-bond acceptors (Lipinski definition) is 6. The second kappa shape index (κ2) is 9.36. The van der Waals surface area contributed by atoms with E-state index in [-0.39, 0.29) is 11.6 Å². The van der Waals surface area contributed by atoms with Crippen molar-refractivity contribution in [3.05, 3.63) is 81.0 Å². The number of nitrogens with zero attached hydrogens (tertiary/aromatic N) is 5. The van der Waals surface area contributed by atoms with Crippen LogP contribution in [0.3, 0.4) is 0 Å². The molecule has 0 aliphatic carbocycles. The molecule has 8 heteroatoms. The van der Waals surface area contributed by atoms with Gasteiger partial charge in [0.1, 0.15) is 5.82 Å². The summed E-state index contributed by atoms with van der Waals surface area (Å²) in [5.41, 5.74) is 4.72. The molecule has 3 aromatic rings. The lowest BCUT2D eigenvalue weighted by Gasteiger charge is -2.36. The van der Waals surface area contributed by atoms with Crippen LogP contribution in [0.4, 0.5) is 11.5 Å². The van der Waals surface area contributed by atoms with Gasteiger partial charge in [0, 0.05) is 60.7 Å². The molecule has 8 nitrogen and oxygen atoms in total. The van der Waals surface area contributed by atoms with Crippen LogP contribution in [0.2, 0.25) is 0 Å². The quantitative estimate of drug-likeness (QED) is 0.432. The molecular formula is C25H27N5O3. The highest BCUT2D eigenvalue weighted by Gasteiger charge is 2.25. The zero-order valence-corrected chi connectivity index (χ0v) is 19.1.